The lowest BCUT2D eigenvalue weighted by Crippen LogP contribution is -2.45. The van der Waals surface area contributed by atoms with Gasteiger partial charge in [0.25, 0.3) is 0 Å². The van der Waals surface area contributed by atoms with E-state index in [1.54, 1.807) is 0 Å². The van der Waals surface area contributed by atoms with Crippen LogP contribution >= 0.6 is 11.6 Å². The van der Waals surface area contributed by atoms with Crippen LogP contribution in [-0.2, 0) is 0 Å². The van der Waals surface area contributed by atoms with Crippen molar-refractivity contribution in [1.82, 2.24) is 4.90 Å². The molecule has 0 aromatic carbocycles. The molecule has 0 aromatic rings. The van der Waals surface area contributed by atoms with Crippen molar-refractivity contribution in [3.8, 4) is 0 Å². The predicted molar refractivity (Wildman–Crippen MR) is 73.2 cm³/mol. The first kappa shape index (κ1) is 14.3. The molecule has 0 amide bonds. The fourth-order valence-corrected chi connectivity index (χ4v) is 3.08. The van der Waals surface area contributed by atoms with Gasteiger partial charge in [0.1, 0.15) is 0 Å². The maximum atomic E-state index is 5.68. The van der Waals surface area contributed by atoms with E-state index in [-0.39, 0.29) is 0 Å². The van der Waals surface area contributed by atoms with Gasteiger partial charge in [-0.25, -0.2) is 0 Å². The van der Waals surface area contributed by atoms with Gasteiger partial charge in [0.15, 0.2) is 0 Å². The summed E-state index contributed by atoms with van der Waals surface area (Å²) < 4.78 is 0. The van der Waals surface area contributed by atoms with Gasteiger partial charge in [-0.3, -0.25) is 0 Å². The number of alkyl halides is 1. The highest BCUT2D eigenvalue weighted by atomic mass is 35.5. The minimum atomic E-state index is 0.782. The van der Waals surface area contributed by atoms with Crippen molar-refractivity contribution in [2.24, 2.45) is 11.8 Å². The molecule has 0 bridgehead atoms. The fraction of sp³-hybridized carbons (Fsp3) is 1.00. The number of unbranched alkanes of at least 4 members (excludes halogenated alkanes) is 3. The second-order valence-corrected chi connectivity index (χ2v) is 6.03. The summed E-state index contributed by atoms with van der Waals surface area (Å²) in [6.45, 7) is 9.79. The molecule has 0 radical (unpaired) electrons. The van der Waals surface area contributed by atoms with Gasteiger partial charge in [-0.15, -0.1) is 11.6 Å². The Hall–Kier alpha value is 0.250. The zero-order valence-electron chi connectivity index (χ0n) is 11.2. The Morgan fingerprint density at radius 2 is 1.75 bits per heavy atom. The second-order valence-electron chi connectivity index (χ2n) is 5.66. The third kappa shape index (κ3) is 4.63. The SMILES string of the molecule is CC1CC(C)C(C)N(CCCCCCCl)C1. The maximum Gasteiger partial charge on any atom is 0.0223 e. The average Bonchev–Trinajstić information content (AvgIpc) is 2.24. The van der Waals surface area contributed by atoms with E-state index in [0.717, 1.165) is 23.8 Å². The zero-order valence-corrected chi connectivity index (χ0v) is 12.0. The minimum absolute atomic E-state index is 0.782. The first-order valence-corrected chi connectivity index (χ1v) is 7.48. The van der Waals surface area contributed by atoms with Gasteiger partial charge < -0.3 is 4.90 Å². The Morgan fingerprint density at radius 3 is 2.44 bits per heavy atom. The highest BCUT2D eigenvalue weighted by molar-refractivity contribution is 6.17. The smallest absolute Gasteiger partial charge is 0.0223 e. The first-order valence-electron chi connectivity index (χ1n) is 6.95. The zero-order chi connectivity index (χ0) is 12.0. The summed E-state index contributed by atoms with van der Waals surface area (Å²) in [6, 6.07) is 0.782. The summed E-state index contributed by atoms with van der Waals surface area (Å²) in [4.78, 5) is 2.69. The van der Waals surface area contributed by atoms with Crippen molar-refractivity contribution >= 4 is 11.6 Å². The summed E-state index contributed by atoms with van der Waals surface area (Å²) >= 11 is 5.68. The number of nitrogens with zero attached hydrogens (tertiary/aromatic N) is 1. The monoisotopic (exact) mass is 245 g/mol. The van der Waals surface area contributed by atoms with Gasteiger partial charge in [0, 0.05) is 18.5 Å². The predicted octanol–water partition coefficient (Wildman–Crippen LogP) is 4.15. The van der Waals surface area contributed by atoms with E-state index in [2.05, 4.69) is 25.7 Å². The molecule has 0 saturated carbocycles. The van der Waals surface area contributed by atoms with Crippen molar-refractivity contribution < 1.29 is 0 Å². The molecule has 1 aliphatic heterocycles. The Kier molecular flexibility index (Phi) is 6.75. The lowest BCUT2D eigenvalue weighted by atomic mass is 9.86. The van der Waals surface area contributed by atoms with E-state index in [1.165, 1.54) is 45.2 Å². The average molecular weight is 246 g/mol. The van der Waals surface area contributed by atoms with E-state index in [9.17, 15) is 0 Å². The van der Waals surface area contributed by atoms with Crippen LogP contribution < -0.4 is 0 Å². The third-order valence-corrected chi connectivity index (χ3v) is 4.32. The van der Waals surface area contributed by atoms with Gasteiger partial charge in [0.2, 0.25) is 0 Å². The second kappa shape index (κ2) is 7.55. The van der Waals surface area contributed by atoms with Crippen LogP contribution in [0.3, 0.4) is 0 Å². The number of rotatable bonds is 6. The number of piperidine rings is 1. The summed E-state index contributed by atoms with van der Waals surface area (Å²) in [5.41, 5.74) is 0. The van der Waals surface area contributed by atoms with Crippen LogP contribution in [0.15, 0.2) is 0 Å². The van der Waals surface area contributed by atoms with Crippen LogP contribution in [-0.4, -0.2) is 29.9 Å². The number of hydrogen-bond acceptors (Lipinski definition) is 1. The first-order chi connectivity index (χ1) is 7.65. The molecule has 96 valence electrons. The van der Waals surface area contributed by atoms with Crippen LogP contribution in [0.2, 0.25) is 0 Å². The Morgan fingerprint density at radius 1 is 1.06 bits per heavy atom. The molecule has 2 heteroatoms. The lowest BCUT2D eigenvalue weighted by Gasteiger charge is -2.41. The third-order valence-electron chi connectivity index (χ3n) is 4.05. The molecule has 0 N–H and O–H groups in total. The maximum absolute atomic E-state index is 5.68. The molecule has 1 nitrogen and oxygen atoms in total. The molecular weight excluding hydrogens is 218 g/mol. The van der Waals surface area contributed by atoms with Crippen LogP contribution in [0.1, 0.15) is 52.9 Å². The van der Waals surface area contributed by atoms with Crippen molar-refractivity contribution in [3.63, 3.8) is 0 Å². The van der Waals surface area contributed by atoms with E-state index in [4.69, 9.17) is 11.6 Å². The molecule has 1 rings (SSSR count). The number of likely N-dealkylation sites (tertiary alicyclic amines) is 1. The fourth-order valence-electron chi connectivity index (χ4n) is 2.89. The van der Waals surface area contributed by atoms with Crippen molar-refractivity contribution in [2.45, 2.75) is 58.9 Å². The molecule has 0 aliphatic carbocycles. The molecule has 16 heavy (non-hydrogen) atoms. The van der Waals surface area contributed by atoms with Crippen molar-refractivity contribution in [1.29, 1.82) is 0 Å². The Labute approximate surface area is 107 Å². The molecule has 3 atom stereocenters. The summed E-state index contributed by atoms with van der Waals surface area (Å²) in [6.07, 6.45) is 6.59. The van der Waals surface area contributed by atoms with E-state index < -0.39 is 0 Å². The molecule has 1 saturated heterocycles. The van der Waals surface area contributed by atoms with Gasteiger partial charge in [0.05, 0.1) is 0 Å². The van der Waals surface area contributed by atoms with Gasteiger partial charge >= 0.3 is 0 Å². The highest BCUT2D eigenvalue weighted by Crippen LogP contribution is 2.27. The van der Waals surface area contributed by atoms with Crippen molar-refractivity contribution in [2.75, 3.05) is 19.0 Å². The van der Waals surface area contributed by atoms with Crippen LogP contribution in [0, 0.1) is 11.8 Å². The van der Waals surface area contributed by atoms with E-state index in [1.807, 2.05) is 0 Å². The molecule has 1 heterocycles. The lowest BCUT2D eigenvalue weighted by molar-refractivity contribution is 0.0781. The standard InChI is InChI=1S/C14H28ClN/c1-12-10-13(2)14(3)16(11-12)9-7-5-4-6-8-15/h12-14H,4-11H2,1-3H3. The topological polar surface area (TPSA) is 3.24 Å². The van der Waals surface area contributed by atoms with Crippen LogP contribution in [0.4, 0.5) is 0 Å². The molecule has 0 aromatic heterocycles. The number of halogens is 1. The van der Waals surface area contributed by atoms with E-state index >= 15 is 0 Å². The van der Waals surface area contributed by atoms with Crippen LogP contribution in [0.5, 0.6) is 0 Å². The number of hydrogen-bond donors (Lipinski definition) is 0. The van der Waals surface area contributed by atoms with Gasteiger partial charge in [-0.2, -0.15) is 0 Å². The van der Waals surface area contributed by atoms with Gasteiger partial charge in [-0.05, 0) is 44.6 Å². The highest BCUT2D eigenvalue weighted by Gasteiger charge is 2.27. The molecule has 3 unspecified atom stereocenters. The minimum Gasteiger partial charge on any atom is -0.300 e. The Balaban J connectivity index is 2.19. The van der Waals surface area contributed by atoms with Crippen molar-refractivity contribution in [3.05, 3.63) is 0 Å². The molecule has 0 spiro atoms. The quantitative estimate of drug-likeness (QED) is 0.502. The summed E-state index contributed by atoms with van der Waals surface area (Å²) in [5.74, 6) is 2.58. The normalized spacial score (nSPS) is 31.9. The largest absolute Gasteiger partial charge is 0.300 e. The summed E-state index contributed by atoms with van der Waals surface area (Å²) in [5, 5.41) is 0. The Bertz CT molecular complexity index is 184. The molecular formula is C14H28ClN. The summed E-state index contributed by atoms with van der Waals surface area (Å²) in [7, 11) is 0. The van der Waals surface area contributed by atoms with Crippen LogP contribution in [0.25, 0.3) is 0 Å². The van der Waals surface area contributed by atoms with E-state index in [0.29, 0.717) is 0 Å². The molecule has 1 fully saturated rings. The molecule has 1 aliphatic rings. The van der Waals surface area contributed by atoms with Gasteiger partial charge in [-0.1, -0.05) is 26.7 Å².